The fourth-order valence-corrected chi connectivity index (χ4v) is 14.5. The van der Waals surface area contributed by atoms with Gasteiger partial charge in [-0.2, -0.15) is 0 Å². The number of carbonyl (C=O) groups excluding carboxylic acids is 4. The molecule has 0 aromatic heterocycles. The van der Waals surface area contributed by atoms with Crippen molar-refractivity contribution in [2.45, 2.75) is 458 Å². The van der Waals surface area contributed by atoms with E-state index >= 15 is 0 Å². The van der Waals surface area contributed by atoms with Crippen molar-refractivity contribution >= 4 is 39.5 Å². The Bertz CT molecular complexity index is 1960. The minimum absolute atomic E-state index is 0.107. The Balaban J connectivity index is 5.21. The summed E-state index contributed by atoms with van der Waals surface area (Å²) >= 11 is 0. The highest BCUT2D eigenvalue weighted by atomic mass is 31.2. The molecule has 0 radical (unpaired) electrons. The summed E-state index contributed by atoms with van der Waals surface area (Å²) in [6.07, 6.45) is 65.4. The summed E-state index contributed by atoms with van der Waals surface area (Å²) in [4.78, 5) is 73.1. The van der Waals surface area contributed by atoms with Gasteiger partial charge in [-0.3, -0.25) is 37.3 Å². The van der Waals surface area contributed by atoms with Crippen LogP contribution < -0.4 is 0 Å². The van der Waals surface area contributed by atoms with Crippen molar-refractivity contribution in [2.24, 2.45) is 11.8 Å². The summed E-state index contributed by atoms with van der Waals surface area (Å²) in [6, 6.07) is 0. The van der Waals surface area contributed by atoms with Crippen LogP contribution in [0, 0.1) is 11.8 Å². The highest BCUT2D eigenvalue weighted by Gasteiger charge is 2.30. The number of phosphoric acid groups is 2. The topological polar surface area (TPSA) is 237 Å². The molecule has 0 aromatic carbocycles. The lowest BCUT2D eigenvalue weighted by Gasteiger charge is -2.21. The van der Waals surface area contributed by atoms with Crippen molar-refractivity contribution in [2.75, 3.05) is 39.6 Å². The molecule has 0 saturated heterocycles. The lowest BCUT2D eigenvalue weighted by molar-refractivity contribution is -0.161. The van der Waals surface area contributed by atoms with E-state index in [1.807, 2.05) is 0 Å². The van der Waals surface area contributed by atoms with Crippen molar-refractivity contribution < 1.29 is 80.2 Å². The molecule has 0 aromatic rings. The minimum Gasteiger partial charge on any atom is -0.462 e. The number of rotatable bonds is 82. The number of aliphatic hydroxyl groups is 1. The maximum Gasteiger partial charge on any atom is 0.472 e. The molecule has 5 atom stereocenters. The monoisotopic (exact) mass is 1490 g/mol. The smallest absolute Gasteiger partial charge is 0.462 e. The highest BCUT2D eigenvalue weighted by molar-refractivity contribution is 7.47. The zero-order valence-corrected chi connectivity index (χ0v) is 68.7. The average molecular weight is 1490 g/mol. The summed E-state index contributed by atoms with van der Waals surface area (Å²) in [5.41, 5.74) is 0. The maximum absolute atomic E-state index is 13.1. The number of phosphoric ester groups is 2. The van der Waals surface area contributed by atoms with Crippen molar-refractivity contribution in [1.29, 1.82) is 0 Å². The fourth-order valence-electron chi connectivity index (χ4n) is 12.9. The van der Waals surface area contributed by atoms with Crippen molar-refractivity contribution in [3.63, 3.8) is 0 Å². The second-order valence-electron chi connectivity index (χ2n) is 30.8. The van der Waals surface area contributed by atoms with Crippen LogP contribution in [-0.2, 0) is 65.4 Å². The van der Waals surface area contributed by atoms with Crippen LogP contribution in [0.3, 0.4) is 0 Å². The van der Waals surface area contributed by atoms with Crippen molar-refractivity contribution in [3.05, 3.63) is 0 Å². The van der Waals surface area contributed by atoms with Crippen LogP contribution >= 0.6 is 15.6 Å². The third kappa shape index (κ3) is 76.3. The molecule has 0 spiro atoms. The van der Waals surface area contributed by atoms with Crippen LogP contribution in [-0.4, -0.2) is 96.7 Å². The lowest BCUT2D eigenvalue weighted by atomic mass is 10.0. The molecule has 0 amide bonds. The van der Waals surface area contributed by atoms with Crippen LogP contribution in [0.2, 0.25) is 0 Å². The van der Waals surface area contributed by atoms with Gasteiger partial charge in [-0.25, -0.2) is 9.13 Å². The van der Waals surface area contributed by atoms with Crippen LogP contribution in [0.5, 0.6) is 0 Å². The van der Waals surface area contributed by atoms with Gasteiger partial charge in [0.15, 0.2) is 12.2 Å². The first-order valence-electron chi connectivity index (χ1n) is 43.0. The average Bonchev–Trinajstić information content (AvgIpc) is 0.910. The number of carbonyl (C=O) groups is 4. The standard InChI is InChI=1S/C83H162O17P2/c1-7-9-11-13-15-17-19-21-23-24-25-26-27-31-36-40-44-48-56-62-67-82(87)99-78(71-93-80(85)65-59-53-46-42-38-34-32-28-30-33-37-41-45-51-57-63-75(3)4)73-97-101(89,90)95-69-77(84)70-96-102(91,92)98-74-79(72-94-81(86)66-60-54-50-49-52-58-64-76(5)6)100-83(88)68-61-55-47-43-39-35-29-22-20-18-16-14-12-10-8-2/h75-79,84H,7-74H2,1-6H3,(H,89,90)(H,91,92)/t77-,78-,79-/m1/s1. The van der Waals surface area contributed by atoms with Crippen LogP contribution in [0.1, 0.15) is 440 Å². The van der Waals surface area contributed by atoms with E-state index in [0.29, 0.717) is 31.6 Å². The van der Waals surface area contributed by atoms with E-state index in [2.05, 4.69) is 41.5 Å². The summed E-state index contributed by atoms with van der Waals surface area (Å²) in [5, 5.41) is 10.6. The molecule has 0 aliphatic carbocycles. The molecule has 102 heavy (non-hydrogen) atoms. The van der Waals surface area contributed by atoms with E-state index in [9.17, 15) is 43.2 Å². The van der Waals surface area contributed by atoms with E-state index in [4.69, 9.17) is 37.0 Å². The Morgan fingerprint density at radius 1 is 0.265 bits per heavy atom. The number of aliphatic hydroxyl groups excluding tert-OH is 1. The minimum atomic E-state index is -4.96. The summed E-state index contributed by atoms with van der Waals surface area (Å²) < 4.78 is 68.8. The maximum atomic E-state index is 13.1. The van der Waals surface area contributed by atoms with Gasteiger partial charge in [0.05, 0.1) is 26.4 Å². The predicted molar refractivity (Wildman–Crippen MR) is 418 cm³/mol. The normalized spacial score (nSPS) is 13.9. The van der Waals surface area contributed by atoms with Gasteiger partial charge in [-0.15, -0.1) is 0 Å². The van der Waals surface area contributed by atoms with Gasteiger partial charge in [-0.1, -0.05) is 388 Å². The van der Waals surface area contributed by atoms with Gasteiger partial charge >= 0.3 is 39.5 Å². The number of hydrogen-bond donors (Lipinski definition) is 3. The first-order valence-corrected chi connectivity index (χ1v) is 46.0. The summed E-state index contributed by atoms with van der Waals surface area (Å²) in [6.45, 7) is 9.60. The molecule has 0 bridgehead atoms. The van der Waals surface area contributed by atoms with Crippen molar-refractivity contribution in [3.8, 4) is 0 Å². The fraction of sp³-hybridized carbons (Fsp3) is 0.952. The van der Waals surface area contributed by atoms with E-state index in [1.54, 1.807) is 0 Å². The second kappa shape index (κ2) is 74.5. The molecular formula is C83H162O17P2. The Hall–Kier alpha value is -1.94. The molecule has 3 N–H and O–H groups in total. The molecule has 0 aliphatic rings. The largest absolute Gasteiger partial charge is 0.472 e. The van der Waals surface area contributed by atoms with E-state index in [1.165, 1.54) is 250 Å². The zero-order chi connectivity index (χ0) is 74.9. The zero-order valence-electron chi connectivity index (χ0n) is 66.9. The second-order valence-corrected chi connectivity index (χ2v) is 33.7. The summed E-state index contributed by atoms with van der Waals surface area (Å²) in [5.74, 6) is -0.622. The molecule has 0 fully saturated rings. The van der Waals surface area contributed by atoms with Crippen LogP contribution in [0.4, 0.5) is 0 Å². The third-order valence-electron chi connectivity index (χ3n) is 19.5. The Kier molecular flexibility index (Phi) is 73.1. The van der Waals surface area contributed by atoms with Crippen molar-refractivity contribution in [1.82, 2.24) is 0 Å². The highest BCUT2D eigenvalue weighted by Crippen LogP contribution is 2.45. The summed E-state index contributed by atoms with van der Waals surface area (Å²) in [7, 11) is -9.92. The van der Waals surface area contributed by atoms with Crippen LogP contribution in [0.25, 0.3) is 0 Å². The van der Waals surface area contributed by atoms with Crippen LogP contribution in [0.15, 0.2) is 0 Å². The van der Waals surface area contributed by atoms with E-state index in [-0.39, 0.29) is 25.7 Å². The Morgan fingerprint density at radius 3 is 0.667 bits per heavy atom. The number of esters is 4. The SMILES string of the molecule is CCCCCCCCCCCCCCCCCCCCCCC(=O)O[C@H](COC(=O)CCCCCCCCCCCCCCCCCC(C)C)COP(=O)(O)OC[C@@H](O)COP(=O)(O)OC[C@@H](COC(=O)CCCCCCCCC(C)C)OC(=O)CCCCCCCCCCCCCCCCC. The molecule has 0 rings (SSSR count). The predicted octanol–water partition coefficient (Wildman–Crippen LogP) is 25.1. The number of unbranched alkanes of at least 4 members (excludes halogenated alkanes) is 52. The first-order chi connectivity index (χ1) is 49.4. The molecule has 17 nitrogen and oxygen atoms in total. The van der Waals surface area contributed by atoms with Gasteiger partial charge in [-0.05, 0) is 37.5 Å². The van der Waals surface area contributed by atoms with Gasteiger partial charge in [0.1, 0.15) is 19.3 Å². The molecule has 2 unspecified atom stereocenters. The van der Waals surface area contributed by atoms with Gasteiger partial charge in [0, 0.05) is 25.7 Å². The van der Waals surface area contributed by atoms with Gasteiger partial charge < -0.3 is 33.8 Å². The van der Waals surface area contributed by atoms with E-state index < -0.39 is 97.5 Å². The quantitative estimate of drug-likeness (QED) is 0.0222. The Labute approximate surface area is 626 Å². The first kappa shape index (κ1) is 100. The van der Waals surface area contributed by atoms with Gasteiger partial charge in [0.2, 0.25) is 0 Å². The molecular weight excluding hydrogens is 1330 g/mol. The van der Waals surface area contributed by atoms with E-state index in [0.717, 1.165) is 102 Å². The van der Waals surface area contributed by atoms with Gasteiger partial charge in [0.25, 0.3) is 0 Å². The lowest BCUT2D eigenvalue weighted by Crippen LogP contribution is -2.30. The molecule has 0 heterocycles. The Morgan fingerprint density at radius 2 is 0.451 bits per heavy atom. The molecule has 0 aliphatic heterocycles. The molecule has 19 heteroatoms. The number of hydrogen-bond acceptors (Lipinski definition) is 15. The molecule has 606 valence electrons. The third-order valence-corrected chi connectivity index (χ3v) is 21.4. The molecule has 0 saturated carbocycles. The number of ether oxygens (including phenoxy) is 4.